The molecule has 0 saturated carbocycles. The summed E-state index contributed by atoms with van der Waals surface area (Å²) >= 11 is 0. The van der Waals surface area contributed by atoms with Gasteiger partial charge in [0.05, 0.1) is 12.5 Å². The molecule has 0 aliphatic heterocycles. The van der Waals surface area contributed by atoms with E-state index in [4.69, 9.17) is 9.78 Å². The van der Waals surface area contributed by atoms with E-state index in [2.05, 4.69) is 16.2 Å². The van der Waals surface area contributed by atoms with E-state index in [1.165, 1.54) is 0 Å². The smallest absolute Gasteiger partial charge is 0.266 e. The average molecular weight is 256 g/mol. The molecule has 5 heteroatoms. The van der Waals surface area contributed by atoms with Gasteiger partial charge in [0.2, 0.25) is 0 Å². The molecule has 1 aromatic carbocycles. The lowest BCUT2D eigenvalue weighted by Gasteiger charge is -2.14. The van der Waals surface area contributed by atoms with Crippen molar-refractivity contribution in [3.63, 3.8) is 0 Å². The van der Waals surface area contributed by atoms with Gasteiger partial charge in [-0.05, 0) is 30.6 Å². The Morgan fingerprint density at radius 3 is 2.68 bits per heavy atom. The normalized spacial score (nSPS) is 10.2. The Labute approximate surface area is 112 Å². The molecule has 0 atom stereocenters. The van der Waals surface area contributed by atoms with Gasteiger partial charge in [-0.25, -0.2) is 0 Å². The van der Waals surface area contributed by atoms with Crippen LogP contribution in [0.25, 0.3) is 11.5 Å². The van der Waals surface area contributed by atoms with E-state index in [0.29, 0.717) is 18.3 Å². The van der Waals surface area contributed by atoms with Crippen molar-refractivity contribution in [1.82, 2.24) is 10.1 Å². The Kier molecular flexibility index (Phi) is 4.14. The summed E-state index contributed by atoms with van der Waals surface area (Å²) in [6, 6.07) is 9.74. The van der Waals surface area contributed by atoms with Crippen LogP contribution in [-0.2, 0) is 6.42 Å². The summed E-state index contributed by atoms with van der Waals surface area (Å²) in [5, 5.41) is 12.8. The standard InChI is InChI=1S/C14H16N4O/c1-3-18(4-2)14-16-13(19-17-14)12-8-6-5-7-11(12)9-10-15/h5-8H,3-4,9H2,1-2H3. The first-order valence-corrected chi connectivity index (χ1v) is 6.34. The van der Waals surface area contributed by atoms with Crippen LogP contribution in [0, 0.1) is 11.3 Å². The number of nitriles is 1. The molecule has 1 aromatic heterocycles. The Bertz CT molecular complexity index is 581. The van der Waals surface area contributed by atoms with Crippen molar-refractivity contribution in [3.8, 4) is 17.5 Å². The SMILES string of the molecule is CCN(CC)c1noc(-c2ccccc2CC#N)n1. The molecule has 0 unspecified atom stereocenters. The number of aromatic nitrogens is 2. The van der Waals surface area contributed by atoms with Gasteiger partial charge < -0.3 is 9.42 Å². The molecule has 0 N–H and O–H groups in total. The second-order valence-corrected chi connectivity index (χ2v) is 4.06. The largest absolute Gasteiger partial charge is 0.339 e. The van der Waals surface area contributed by atoms with E-state index >= 15 is 0 Å². The summed E-state index contributed by atoms with van der Waals surface area (Å²) in [4.78, 5) is 6.42. The molecule has 0 saturated heterocycles. The van der Waals surface area contributed by atoms with Gasteiger partial charge in [-0.3, -0.25) is 0 Å². The van der Waals surface area contributed by atoms with Crippen molar-refractivity contribution in [1.29, 1.82) is 5.26 Å². The van der Waals surface area contributed by atoms with Crippen LogP contribution >= 0.6 is 0 Å². The van der Waals surface area contributed by atoms with Gasteiger partial charge in [0.15, 0.2) is 0 Å². The maximum Gasteiger partial charge on any atom is 0.266 e. The molecule has 0 aliphatic rings. The Hall–Kier alpha value is -2.35. The van der Waals surface area contributed by atoms with Crippen LogP contribution in [0.5, 0.6) is 0 Å². The lowest BCUT2D eigenvalue weighted by Crippen LogP contribution is -2.22. The van der Waals surface area contributed by atoms with E-state index in [9.17, 15) is 0 Å². The molecule has 0 fully saturated rings. The monoisotopic (exact) mass is 256 g/mol. The predicted molar refractivity (Wildman–Crippen MR) is 72.6 cm³/mol. The number of hydrogen-bond donors (Lipinski definition) is 0. The van der Waals surface area contributed by atoms with E-state index in [0.717, 1.165) is 24.2 Å². The molecule has 19 heavy (non-hydrogen) atoms. The van der Waals surface area contributed by atoms with Crippen LogP contribution in [0.15, 0.2) is 28.8 Å². The van der Waals surface area contributed by atoms with Crippen molar-refractivity contribution in [3.05, 3.63) is 29.8 Å². The van der Waals surface area contributed by atoms with Crippen LogP contribution in [-0.4, -0.2) is 23.2 Å². The molecule has 0 amide bonds. The van der Waals surface area contributed by atoms with Gasteiger partial charge >= 0.3 is 0 Å². The number of nitrogens with zero attached hydrogens (tertiary/aromatic N) is 4. The lowest BCUT2D eigenvalue weighted by atomic mass is 10.1. The first-order chi connectivity index (χ1) is 9.30. The zero-order chi connectivity index (χ0) is 13.7. The fourth-order valence-corrected chi connectivity index (χ4v) is 1.93. The minimum atomic E-state index is 0.332. The van der Waals surface area contributed by atoms with E-state index < -0.39 is 0 Å². The summed E-state index contributed by atoms with van der Waals surface area (Å²) in [7, 11) is 0. The Morgan fingerprint density at radius 1 is 1.26 bits per heavy atom. The number of hydrogen-bond acceptors (Lipinski definition) is 5. The highest BCUT2D eigenvalue weighted by Gasteiger charge is 2.15. The maximum atomic E-state index is 8.84. The Morgan fingerprint density at radius 2 is 2.00 bits per heavy atom. The van der Waals surface area contributed by atoms with Gasteiger partial charge in [0.25, 0.3) is 11.8 Å². The van der Waals surface area contributed by atoms with Gasteiger partial charge in [0, 0.05) is 18.7 Å². The third kappa shape index (κ3) is 2.74. The van der Waals surface area contributed by atoms with Gasteiger partial charge in [-0.15, -0.1) is 0 Å². The Balaban J connectivity index is 2.35. The summed E-state index contributed by atoms with van der Waals surface area (Å²) in [6.07, 6.45) is 0.332. The zero-order valence-electron chi connectivity index (χ0n) is 11.1. The predicted octanol–water partition coefficient (Wildman–Crippen LogP) is 2.65. The highest BCUT2D eigenvalue weighted by molar-refractivity contribution is 5.60. The average Bonchev–Trinajstić information content (AvgIpc) is 2.91. The summed E-state index contributed by atoms with van der Waals surface area (Å²) in [6.45, 7) is 5.75. The second-order valence-electron chi connectivity index (χ2n) is 4.06. The van der Waals surface area contributed by atoms with Crippen LogP contribution in [0.4, 0.5) is 5.95 Å². The molecule has 2 rings (SSSR count). The third-order valence-corrected chi connectivity index (χ3v) is 2.98. The molecule has 2 aromatic rings. The topological polar surface area (TPSA) is 66.0 Å². The number of anilines is 1. The number of rotatable bonds is 5. The molecule has 5 nitrogen and oxygen atoms in total. The molecular formula is C14H16N4O. The second kappa shape index (κ2) is 6.01. The van der Waals surface area contributed by atoms with Gasteiger partial charge in [0.1, 0.15) is 0 Å². The van der Waals surface area contributed by atoms with Crippen molar-refractivity contribution in [2.45, 2.75) is 20.3 Å². The van der Waals surface area contributed by atoms with Crippen molar-refractivity contribution in [2.75, 3.05) is 18.0 Å². The van der Waals surface area contributed by atoms with Crippen LogP contribution in [0.3, 0.4) is 0 Å². The van der Waals surface area contributed by atoms with Crippen LogP contribution in [0.2, 0.25) is 0 Å². The fraction of sp³-hybridized carbons (Fsp3) is 0.357. The van der Waals surface area contributed by atoms with Crippen molar-refractivity contribution >= 4 is 5.95 Å². The third-order valence-electron chi connectivity index (χ3n) is 2.98. The quantitative estimate of drug-likeness (QED) is 0.822. The molecular weight excluding hydrogens is 240 g/mol. The fourth-order valence-electron chi connectivity index (χ4n) is 1.93. The zero-order valence-corrected chi connectivity index (χ0v) is 11.1. The molecule has 98 valence electrons. The van der Waals surface area contributed by atoms with Crippen molar-refractivity contribution in [2.24, 2.45) is 0 Å². The molecule has 0 aliphatic carbocycles. The molecule has 0 spiro atoms. The summed E-state index contributed by atoms with van der Waals surface area (Å²) in [5.74, 6) is 1.06. The van der Waals surface area contributed by atoms with E-state index in [1.54, 1.807) is 0 Å². The summed E-state index contributed by atoms with van der Waals surface area (Å²) in [5.41, 5.74) is 1.73. The number of benzene rings is 1. The summed E-state index contributed by atoms with van der Waals surface area (Å²) < 4.78 is 5.31. The maximum absolute atomic E-state index is 8.84. The van der Waals surface area contributed by atoms with Crippen LogP contribution < -0.4 is 4.90 Å². The minimum Gasteiger partial charge on any atom is -0.339 e. The minimum absolute atomic E-state index is 0.332. The molecule has 0 radical (unpaired) electrons. The first-order valence-electron chi connectivity index (χ1n) is 6.34. The van der Waals surface area contributed by atoms with Gasteiger partial charge in [-0.2, -0.15) is 10.2 Å². The van der Waals surface area contributed by atoms with E-state index in [1.807, 2.05) is 43.0 Å². The van der Waals surface area contributed by atoms with Crippen LogP contribution in [0.1, 0.15) is 19.4 Å². The van der Waals surface area contributed by atoms with Gasteiger partial charge in [-0.1, -0.05) is 18.2 Å². The van der Waals surface area contributed by atoms with E-state index in [-0.39, 0.29) is 0 Å². The first kappa shape index (κ1) is 13.1. The highest BCUT2D eigenvalue weighted by Crippen LogP contribution is 2.24. The lowest BCUT2D eigenvalue weighted by molar-refractivity contribution is 0.429. The van der Waals surface area contributed by atoms with Crippen molar-refractivity contribution < 1.29 is 4.52 Å². The highest BCUT2D eigenvalue weighted by atomic mass is 16.5. The molecule has 0 bridgehead atoms. The molecule has 1 heterocycles.